The van der Waals surface area contributed by atoms with Gasteiger partial charge >= 0.3 is 0 Å². The number of benzene rings is 1. The van der Waals surface area contributed by atoms with Crippen molar-refractivity contribution in [3.8, 4) is 0 Å². The van der Waals surface area contributed by atoms with Crippen LogP contribution in [-0.2, 0) is 11.2 Å². The molecule has 4 rings (SSSR count). The minimum Gasteiger partial charge on any atom is -0.353 e. The van der Waals surface area contributed by atoms with Gasteiger partial charge in [-0.25, -0.2) is 9.38 Å². The monoisotopic (exact) mass is 369 g/mol. The van der Waals surface area contributed by atoms with Gasteiger partial charge in [0.25, 0.3) is 0 Å². The summed E-state index contributed by atoms with van der Waals surface area (Å²) in [6.07, 6.45) is 5.03. The number of hydrogen-bond acceptors (Lipinski definition) is 5. The Bertz CT molecular complexity index is 810. The van der Waals surface area contributed by atoms with Crippen LogP contribution in [0.5, 0.6) is 0 Å². The van der Waals surface area contributed by atoms with E-state index < -0.39 is 0 Å². The van der Waals surface area contributed by atoms with Gasteiger partial charge in [-0.1, -0.05) is 25.1 Å². The van der Waals surface area contributed by atoms with Crippen molar-refractivity contribution in [3.05, 3.63) is 47.5 Å². The van der Waals surface area contributed by atoms with Gasteiger partial charge in [-0.05, 0) is 18.1 Å². The Morgan fingerprint density at radius 2 is 2.00 bits per heavy atom. The molecule has 3 heterocycles. The molecule has 0 N–H and O–H groups in total. The van der Waals surface area contributed by atoms with Crippen LogP contribution in [0, 0.1) is 5.82 Å². The van der Waals surface area contributed by atoms with Gasteiger partial charge in [-0.3, -0.25) is 9.79 Å². The van der Waals surface area contributed by atoms with E-state index in [1.54, 1.807) is 18.2 Å². The minimum atomic E-state index is -0.321. The molecule has 1 fully saturated rings. The largest absolute Gasteiger partial charge is 0.353 e. The van der Waals surface area contributed by atoms with Crippen molar-refractivity contribution in [1.29, 1.82) is 0 Å². The van der Waals surface area contributed by atoms with E-state index in [4.69, 9.17) is 4.99 Å². The number of halogens is 1. The summed E-state index contributed by atoms with van der Waals surface area (Å²) in [5, 5.41) is 0. The summed E-state index contributed by atoms with van der Waals surface area (Å²) in [6.45, 7) is 5.72. The molecule has 0 radical (unpaired) electrons. The fourth-order valence-corrected chi connectivity index (χ4v) is 3.63. The predicted molar refractivity (Wildman–Crippen MR) is 103 cm³/mol. The van der Waals surface area contributed by atoms with Crippen LogP contribution in [0.3, 0.4) is 0 Å². The standard InChI is InChI=1S/C20H24FN5O/c1-2-16-13-26-14-22-18(12-19(26)23-16)24-7-9-25(10-8-24)20(27)11-15-5-3-4-6-17(15)21/h3-6,12,14,16H,2,7-11,13H2,1H3/t16-/m1/s1. The fraction of sp³-hybridized carbons (Fsp3) is 0.450. The Hall–Kier alpha value is -2.70. The zero-order valence-electron chi connectivity index (χ0n) is 15.5. The third-order valence-electron chi connectivity index (χ3n) is 5.33. The number of amidine groups is 1. The number of carbonyl (C=O) groups excluding carboxylic acids is 1. The van der Waals surface area contributed by atoms with Crippen LogP contribution in [0.4, 0.5) is 4.39 Å². The van der Waals surface area contributed by atoms with Gasteiger partial charge in [-0.15, -0.1) is 0 Å². The van der Waals surface area contributed by atoms with Crippen molar-refractivity contribution in [1.82, 2.24) is 14.7 Å². The van der Waals surface area contributed by atoms with E-state index in [1.165, 1.54) is 6.07 Å². The summed E-state index contributed by atoms with van der Waals surface area (Å²) < 4.78 is 13.8. The molecule has 6 nitrogen and oxygen atoms in total. The highest BCUT2D eigenvalue weighted by molar-refractivity contribution is 6.03. The van der Waals surface area contributed by atoms with Crippen LogP contribution in [0.1, 0.15) is 18.9 Å². The van der Waals surface area contributed by atoms with Crippen molar-refractivity contribution in [2.75, 3.05) is 32.7 Å². The maximum absolute atomic E-state index is 13.8. The van der Waals surface area contributed by atoms with Crippen LogP contribution < -0.4 is 0 Å². The van der Waals surface area contributed by atoms with Gasteiger partial charge < -0.3 is 14.7 Å². The van der Waals surface area contributed by atoms with Crippen LogP contribution in [0.25, 0.3) is 0 Å². The summed E-state index contributed by atoms with van der Waals surface area (Å²) >= 11 is 0. The molecule has 0 bridgehead atoms. The first-order chi connectivity index (χ1) is 13.1. The number of rotatable bonds is 4. The Labute approximate surface area is 158 Å². The van der Waals surface area contributed by atoms with E-state index in [2.05, 4.69) is 21.7 Å². The lowest BCUT2D eigenvalue weighted by molar-refractivity contribution is -0.132. The predicted octanol–water partition coefficient (Wildman–Crippen LogP) is 1.89. The number of hydrogen-bond donors (Lipinski definition) is 0. The molecule has 3 aliphatic rings. The highest BCUT2D eigenvalue weighted by atomic mass is 19.1. The van der Waals surface area contributed by atoms with Gasteiger partial charge in [-0.2, -0.15) is 0 Å². The molecule has 0 saturated carbocycles. The molecule has 1 aromatic carbocycles. The maximum Gasteiger partial charge on any atom is 0.227 e. The van der Waals surface area contributed by atoms with Gasteiger partial charge in [0.2, 0.25) is 5.91 Å². The molecule has 0 spiro atoms. The summed E-state index contributed by atoms with van der Waals surface area (Å²) in [6, 6.07) is 6.80. The molecule has 0 aliphatic carbocycles. The molecule has 3 aliphatic heterocycles. The van der Waals surface area contributed by atoms with Crippen molar-refractivity contribution >= 4 is 18.1 Å². The van der Waals surface area contributed by atoms with E-state index in [0.717, 1.165) is 37.7 Å². The van der Waals surface area contributed by atoms with Crippen molar-refractivity contribution in [2.24, 2.45) is 9.98 Å². The average molecular weight is 369 g/mol. The summed E-state index contributed by atoms with van der Waals surface area (Å²) in [5.74, 6) is 1.53. The van der Waals surface area contributed by atoms with Crippen molar-refractivity contribution in [2.45, 2.75) is 25.8 Å². The van der Waals surface area contributed by atoms with E-state index in [0.29, 0.717) is 24.7 Å². The molecule has 7 heteroatoms. The second-order valence-electron chi connectivity index (χ2n) is 7.08. The normalized spacial score (nSPS) is 21.9. The molecule has 0 unspecified atom stereocenters. The van der Waals surface area contributed by atoms with E-state index >= 15 is 0 Å². The van der Waals surface area contributed by atoms with Crippen molar-refractivity contribution < 1.29 is 9.18 Å². The molecule has 1 amide bonds. The minimum absolute atomic E-state index is 0.0296. The molecule has 1 atom stereocenters. The third-order valence-corrected chi connectivity index (χ3v) is 5.33. The van der Waals surface area contributed by atoms with E-state index in [-0.39, 0.29) is 18.1 Å². The first kappa shape index (κ1) is 17.7. The Balaban J connectivity index is 1.35. The smallest absolute Gasteiger partial charge is 0.227 e. The molecule has 1 saturated heterocycles. The van der Waals surface area contributed by atoms with Gasteiger partial charge in [0.15, 0.2) is 0 Å². The van der Waals surface area contributed by atoms with Crippen LogP contribution in [0.15, 0.2) is 46.1 Å². The molecular formula is C20H24FN5O. The first-order valence-electron chi connectivity index (χ1n) is 9.50. The lowest BCUT2D eigenvalue weighted by Gasteiger charge is -2.37. The first-order valence-corrected chi connectivity index (χ1v) is 9.50. The number of piperazine rings is 1. The average Bonchev–Trinajstić information content (AvgIpc) is 3.12. The number of carbonyl (C=O) groups is 1. The van der Waals surface area contributed by atoms with Crippen LogP contribution in [0.2, 0.25) is 0 Å². The number of nitrogens with zero attached hydrogens (tertiary/aromatic N) is 5. The van der Waals surface area contributed by atoms with E-state index in [1.807, 2.05) is 17.3 Å². The Morgan fingerprint density at radius 1 is 1.22 bits per heavy atom. The lowest BCUT2D eigenvalue weighted by Crippen LogP contribution is -2.49. The summed E-state index contributed by atoms with van der Waals surface area (Å²) in [5.41, 5.74) is 0.453. The van der Waals surface area contributed by atoms with Gasteiger partial charge in [0.05, 0.1) is 18.8 Å². The zero-order chi connectivity index (χ0) is 18.8. The van der Waals surface area contributed by atoms with Crippen molar-refractivity contribution in [3.63, 3.8) is 0 Å². The second-order valence-corrected chi connectivity index (χ2v) is 7.08. The fourth-order valence-electron chi connectivity index (χ4n) is 3.63. The Kier molecular flexibility index (Phi) is 4.92. The molecule has 142 valence electrons. The highest BCUT2D eigenvalue weighted by Gasteiger charge is 2.28. The highest BCUT2D eigenvalue weighted by Crippen LogP contribution is 2.20. The number of amides is 1. The zero-order valence-corrected chi connectivity index (χ0v) is 15.5. The van der Waals surface area contributed by atoms with Gasteiger partial charge in [0, 0.05) is 38.8 Å². The second kappa shape index (κ2) is 7.50. The quantitative estimate of drug-likeness (QED) is 0.814. The van der Waals surface area contributed by atoms with Crippen LogP contribution >= 0.6 is 0 Å². The molecule has 27 heavy (non-hydrogen) atoms. The molecule has 1 aromatic rings. The van der Waals surface area contributed by atoms with Crippen LogP contribution in [-0.4, -0.2) is 71.5 Å². The number of aliphatic imine (C=N–C) groups is 2. The summed E-state index contributed by atoms with van der Waals surface area (Å²) in [4.78, 5) is 27.9. The topological polar surface area (TPSA) is 51.5 Å². The summed E-state index contributed by atoms with van der Waals surface area (Å²) in [7, 11) is 0. The Morgan fingerprint density at radius 3 is 2.74 bits per heavy atom. The lowest BCUT2D eigenvalue weighted by atomic mass is 10.1. The maximum atomic E-state index is 13.8. The third kappa shape index (κ3) is 3.72. The van der Waals surface area contributed by atoms with Gasteiger partial charge in [0.1, 0.15) is 17.5 Å². The number of fused-ring (bicyclic) bond motifs is 1. The SMILES string of the molecule is CC[C@@H]1CN2C=NC(N3CCN(C(=O)Cc4ccccc4F)CC3)=CC2=N1. The van der Waals surface area contributed by atoms with E-state index in [9.17, 15) is 9.18 Å². The molecular weight excluding hydrogens is 345 g/mol. The molecule has 0 aromatic heterocycles.